The van der Waals surface area contributed by atoms with E-state index in [1.54, 1.807) is 13.8 Å². The van der Waals surface area contributed by atoms with Crippen LogP contribution in [0.4, 0.5) is 0 Å². The molecule has 0 aliphatic rings. The molecule has 0 aromatic carbocycles. The normalized spacial score (nSPS) is 11.1. The quantitative estimate of drug-likeness (QED) is 0.757. The molecule has 2 heterocycles. The van der Waals surface area contributed by atoms with Gasteiger partial charge in [0.05, 0.1) is 12.3 Å². The lowest BCUT2D eigenvalue weighted by atomic mass is 10.2. The van der Waals surface area contributed by atoms with Gasteiger partial charge in [-0.25, -0.2) is 9.48 Å². The molecule has 0 saturated heterocycles. The van der Waals surface area contributed by atoms with Crippen molar-refractivity contribution in [1.29, 1.82) is 0 Å². The predicted octanol–water partition coefficient (Wildman–Crippen LogP) is 1.14. The molecule has 8 heteroatoms. The minimum Gasteiger partial charge on any atom is -0.461 e. The van der Waals surface area contributed by atoms with Crippen molar-refractivity contribution in [2.75, 3.05) is 6.61 Å². The Balaban J connectivity index is 2.08. The van der Waals surface area contributed by atoms with Gasteiger partial charge in [0, 0.05) is 6.92 Å². The van der Waals surface area contributed by atoms with Gasteiger partial charge in [-0.05, 0) is 12.8 Å². The van der Waals surface area contributed by atoms with Crippen LogP contribution < -0.4 is 0 Å². The molecule has 20 heavy (non-hydrogen) atoms. The van der Waals surface area contributed by atoms with Crippen LogP contribution >= 0.6 is 0 Å². The van der Waals surface area contributed by atoms with Crippen LogP contribution in [-0.4, -0.2) is 37.7 Å². The van der Waals surface area contributed by atoms with E-state index in [0.717, 1.165) is 0 Å². The maximum atomic E-state index is 11.9. The molecule has 0 bridgehead atoms. The minimum atomic E-state index is -0.466. The zero-order valence-electron chi connectivity index (χ0n) is 12.0. The molecule has 0 N–H and O–H groups in total. The van der Waals surface area contributed by atoms with Crippen LogP contribution in [0.1, 0.15) is 41.7 Å². The van der Waals surface area contributed by atoms with E-state index in [-0.39, 0.29) is 11.6 Å². The highest BCUT2D eigenvalue weighted by molar-refractivity contribution is 5.88. The molecule has 0 fully saturated rings. The van der Waals surface area contributed by atoms with E-state index in [0.29, 0.717) is 30.6 Å². The molecule has 0 saturated carbocycles. The van der Waals surface area contributed by atoms with Gasteiger partial charge in [-0.3, -0.25) is 0 Å². The van der Waals surface area contributed by atoms with Gasteiger partial charge < -0.3 is 9.26 Å². The number of rotatable bonds is 5. The van der Waals surface area contributed by atoms with E-state index in [1.165, 1.54) is 4.68 Å². The minimum absolute atomic E-state index is 0.214. The molecule has 0 unspecified atom stereocenters. The van der Waals surface area contributed by atoms with Gasteiger partial charge in [-0.15, -0.1) is 5.10 Å². The Labute approximate surface area is 116 Å². The molecule has 0 aliphatic heterocycles. The van der Waals surface area contributed by atoms with Crippen LogP contribution in [-0.2, 0) is 11.3 Å². The standard InChI is InChI=1S/C12H17N5O3/c1-7(2)6-19-12(18)11-8(3)17(16-14-11)5-10-13-9(4)20-15-10/h7H,5-6H2,1-4H3. The number of carbonyl (C=O) groups is 1. The van der Waals surface area contributed by atoms with Crippen molar-refractivity contribution in [3.63, 3.8) is 0 Å². The van der Waals surface area contributed by atoms with Crippen LogP contribution in [0.3, 0.4) is 0 Å². The Bertz CT molecular complexity index is 602. The molecular weight excluding hydrogens is 262 g/mol. The van der Waals surface area contributed by atoms with Crippen LogP contribution in [0.2, 0.25) is 0 Å². The summed E-state index contributed by atoms with van der Waals surface area (Å²) in [5, 5.41) is 11.5. The largest absolute Gasteiger partial charge is 0.461 e. The number of nitrogens with zero attached hydrogens (tertiary/aromatic N) is 5. The number of esters is 1. The van der Waals surface area contributed by atoms with E-state index >= 15 is 0 Å². The summed E-state index contributed by atoms with van der Waals surface area (Å²) in [5.74, 6) is 0.773. The Morgan fingerprint density at radius 1 is 1.40 bits per heavy atom. The lowest BCUT2D eigenvalue weighted by Crippen LogP contribution is -2.12. The zero-order chi connectivity index (χ0) is 14.7. The molecular formula is C12H17N5O3. The molecule has 2 rings (SSSR count). The zero-order valence-corrected chi connectivity index (χ0v) is 12.0. The Kier molecular flexibility index (Phi) is 4.11. The summed E-state index contributed by atoms with van der Waals surface area (Å²) in [6.45, 7) is 8.05. The van der Waals surface area contributed by atoms with Crippen molar-refractivity contribution in [3.8, 4) is 0 Å². The number of aromatic nitrogens is 5. The van der Waals surface area contributed by atoms with Crippen molar-refractivity contribution in [2.24, 2.45) is 5.92 Å². The van der Waals surface area contributed by atoms with Crippen LogP contribution in [0.5, 0.6) is 0 Å². The molecule has 0 atom stereocenters. The fourth-order valence-corrected chi connectivity index (χ4v) is 1.55. The first-order valence-corrected chi connectivity index (χ1v) is 6.33. The van der Waals surface area contributed by atoms with Crippen molar-refractivity contribution in [2.45, 2.75) is 34.2 Å². The fourth-order valence-electron chi connectivity index (χ4n) is 1.55. The highest BCUT2D eigenvalue weighted by Crippen LogP contribution is 2.08. The average Bonchev–Trinajstić information content (AvgIpc) is 2.95. The lowest BCUT2D eigenvalue weighted by molar-refractivity contribution is 0.0451. The number of hydrogen-bond donors (Lipinski definition) is 0. The van der Waals surface area contributed by atoms with Gasteiger partial charge in [0.25, 0.3) is 0 Å². The Hall–Kier alpha value is -2.25. The molecule has 0 spiro atoms. The Morgan fingerprint density at radius 3 is 2.75 bits per heavy atom. The van der Waals surface area contributed by atoms with Gasteiger partial charge >= 0.3 is 5.97 Å². The highest BCUT2D eigenvalue weighted by atomic mass is 16.5. The number of carbonyl (C=O) groups excluding carboxylic acids is 1. The van der Waals surface area contributed by atoms with Crippen LogP contribution in [0.25, 0.3) is 0 Å². The monoisotopic (exact) mass is 279 g/mol. The molecule has 2 aromatic rings. The third-order valence-corrected chi connectivity index (χ3v) is 2.58. The van der Waals surface area contributed by atoms with E-state index in [1.807, 2.05) is 13.8 Å². The average molecular weight is 279 g/mol. The molecule has 108 valence electrons. The number of ether oxygens (including phenoxy) is 1. The highest BCUT2D eigenvalue weighted by Gasteiger charge is 2.19. The maximum Gasteiger partial charge on any atom is 0.360 e. The van der Waals surface area contributed by atoms with Gasteiger partial charge in [-0.1, -0.05) is 24.2 Å². The van der Waals surface area contributed by atoms with Gasteiger partial charge in [0.2, 0.25) is 5.89 Å². The Morgan fingerprint density at radius 2 is 2.15 bits per heavy atom. The molecule has 0 aliphatic carbocycles. The topological polar surface area (TPSA) is 95.9 Å². The molecule has 2 aromatic heterocycles. The summed E-state index contributed by atoms with van der Waals surface area (Å²) in [4.78, 5) is 15.9. The van der Waals surface area contributed by atoms with Crippen molar-refractivity contribution in [1.82, 2.24) is 25.1 Å². The summed E-state index contributed by atoms with van der Waals surface area (Å²) in [5.41, 5.74) is 0.826. The molecule has 0 amide bonds. The summed E-state index contributed by atoms with van der Waals surface area (Å²) in [7, 11) is 0. The lowest BCUT2D eigenvalue weighted by Gasteiger charge is -2.05. The smallest absolute Gasteiger partial charge is 0.360 e. The van der Waals surface area contributed by atoms with E-state index in [2.05, 4.69) is 20.5 Å². The second-order valence-corrected chi connectivity index (χ2v) is 4.90. The van der Waals surface area contributed by atoms with E-state index in [9.17, 15) is 4.79 Å². The SMILES string of the molecule is Cc1nc(Cn2nnc(C(=O)OCC(C)C)c2C)no1. The van der Waals surface area contributed by atoms with Crippen molar-refractivity contribution < 1.29 is 14.1 Å². The van der Waals surface area contributed by atoms with E-state index in [4.69, 9.17) is 9.26 Å². The van der Waals surface area contributed by atoms with Gasteiger partial charge in [0.1, 0.15) is 6.54 Å². The first kappa shape index (κ1) is 14.2. The summed E-state index contributed by atoms with van der Waals surface area (Å²) in [6, 6.07) is 0. The van der Waals surface area contributed by atoms with Gasteiger partial charge in [0.15, 0.2) is 11.5 Å². The third-order valence-electron chi connectivity index (χ3n) is 2.58. The second-order valence-electron chi connectivity index (χ2n) is 4.90. The van der Waals surface area contributed by atoms with Crippen molar-refractivity contribution >= 4 is 5.97 Å². The first-order valence-electron chi connectivity index (χ1n) is 6.33. The summed E-state index contributed by atoms with van der Waals surface area (Å²) >= 11 is 0. The summed E-state index contributed by atoms with van der Waals surface area (Å²) in [6.07, 6.45) is 0. The van der Waals surface area contributed by atoms with Gasteiger partial charge in [-0.2, -0.15) is 4.98 Å². The van der Waals surface area contributed by atoms with E-state index < -0.39 is 5.97 Å². The number of aryl methyl sites for hydroxylation is 1. The number of hydrogen-bond acceptors (Lipinski definition) is 7. The third kappa shape index (κ3) is 3.19. The fraction of sp³-hybridized carbons (Fsp3) is 0.583. The second kappa shape index (κ2) is 5.81. The summed E-state index contributed by atoms with van der Waals surface area (Å²) < 4.78 is 11.6. The maximum absolute atomic E-state index is 11.9. The molecule has 8 nitrogen and oxygen atoms in total. The van der Waals surface area contributed by atoms with Crippen molar-refractivity contribution in [3.05, 3.63) is 23.1 Å². The van der Waals surface area contributed by atoms with Crippen LogP contribution in [0.15, 0.2) is 4.52 Å². The molecule has 0 radical (unpaired) electrons. The predicted molar refractivity (Wildman–Crippen MR) is 68.0 cm³/mol. The van der Waals surface area contributed by atoms with Crippen LogP contribution in [0, 0.1) is 19.8 Å². The first-order chi connectivity index (χ1) is 9.47.